The van der Waals surface area contributed by atoms with Gasteiger partial charge in [-0.1, -0.05) is 12.5 Å². The number of amides is 1. The van der Waals surface area contributed by atoms with E-state index in [2.05, 4.69) is 10.3 Å². The van der Waals surface area contributed by atoms with Gasteiger partial charge in [-0.15, -0.1) is 0 Å². The van der Waals surface area contributed by atoms with Gasteiger partial charge in [-0.2, -0.15) is 0 Å². The number of nitrogens with zero attached hydrogens (tertiary/aromatic N) is 2. The molecule has 4 N–H and O–H groups in total. The maximum atomic E-state index is 15.4. The van der Waals surface area contributed by atoms with E-state index < -0.39 is 11.7 Å². The lowest BCUT2D eigenvalue weighted by Crippen LogP contribution is -2.51. The standard InChI is InChI=1S/C25H34FN5O4/c1-29-23(33)18(5-3-10-32)17-6-7-19(21(34-2)20(17)26)31-13-16(14-31)30-24(28)35-22(27)15-11-25(12-15)8-4-9-25/h6-7,10,15-16,18,27H,3-5,8-9,11-14H2,1-2H3,(H2,28,30)(H,29,33). The lowest BCUT2D eigenvalue weighted by Gasteiger charge is -2.53. The van der Waals surface area contributed by atoms with Gasteiger partial charge >= 0.3 is 0 Å². The van der Waals surface area contributed by atoms with Crippen molar-refractivity contribution < 1.29 is 23.5 Å². The molecule has 0 bridgehead atoms. The molecule has 0 radical (unpaired) electrons. The lowest BCUT2D eigenvalue weighted by molar-refractivity contribution is -0.122. The second kappa shape index (κ2) is 10.2. The number of halogens is 1. The number of hydrogen-bond acceptors (Lipinski definition) is 7. The predicted octanol–water partition coefficient (Wildman–Crippen LogP) is 2.72. The molecule has 1 aromatic rings. The first-order valence-corrected chi connectivity index (χ1v) is 12.2. The molecule has 1 saturated heterocycles. The maximum absolute atomic E-state index is 15.4. The number of rotatable bonds is 9. The Morgan fingerprint density at radius 2 is 2.11 bits per heavy atom. The van der Waals surface area contributed by atoms with Crippen molar-refractivity contribution in [2.75, 3.05) is 32.1 Å². The summed E-state index contributed by atoms with van der Waals surface area (Å²) in [6, 6.07) is 3.14. The number of methoxy groups -OCH3 is 1. The Morgan fingerprint density at radius 3 is 2.69 bits per heavy atom. The highest BCUT2D eigenvalue weighted by molar-refractivity contribution is 5.90. The Labute approximate surface area is 204 Å². The van der Waals surface area contributed by atoms with Crippen LogP contribution in [0.5, 0.6) is 5.75 Å². The highest BCUT2D eigenvalue weighted by atomic mass is 19.1. The van der Waals surface area contributed by atoms with Crippen molar-refractivity contribution in [1.82, 2.24) is 5.32 Å². The fourth-order valence-electron chi connectivity index (χ4n) is 5.50. The molecule has 1 unspecified atom stereocenters. The van der Waals surface area contributed by atoms with Crippen LogP contribution in [-0.4, -0.2) is 57.4 Å². The van der Waals surface area contributed by atoms with Crippen LogP contribution >= 0.6 is 0 Å². The van der Waals surface area contributed by atoms with Crippen molar-refractivity contribution in [3.05, 3.63) is 23.5 Å². The summed E-state index contributed by atoms with van der Waals surface area (Å²) in [6.45, 7) is 0.978. The van der Waals surface area contributed by atoms with Crippen molar-refractivity contribution >= 4 is 29.8 Å². The van der Waals surface area contributed by atoms with Gasteiger partial charge in [0.25, 0.3) is 6.02 Å². The number of carbonyl (C=O) groups excluding carboxylic acids is 2. The first kappa shape index (κ1) is 24.9. The second-order valence-electron chi connectivity index (χ2n) is 9.88. The summed E-state index contributed by atoms with van der Waals surface area (Å²) in [7, 11) is 2.86. The minimum Gasteiger partial charge on any atom is -0.492 e. The minimum absolute atomic E-state index is 0.00805. The fraction of sp³-hybridized carbons (Fsp3) is 0.600. The lowest BCUT2D eigenvalue weighted by atomic mass is 9.52. The summed E-state index contributed by atoms with van der Waals surface area (Å²) < 4.78 is 26.2. The molecule has 1 aromatic carbocycles. The Kier molecular flexibility index (Phi) is 7.28. The first-order chi connectivity index (χ1) is 16.8. The van der Waals surface area contributed by atoms with Crippen LogP contribution in [0.3, 0.4) is 0 Å². The zero-order valence-corrected chi connectivity index (χ0v) is 20.3. The molecule has 10 heteroatoms. The molecular formula is C25H34FN5O4. The van der Waals surface area contributed by atoms with Crippen LogP contribution in [0.2, 0.25) is 0 Å². The number of anilines is 1. The maximum Gasteiger partial charge on any atom is 0.288 e. The predicted molar refractivity (Wildman–Crippen MR) is 131 cm³/mol. The van der Waals surface area contributed by atoms with E-state index in [0.717, 1.165) is 12.8 Å². The molecule has 1 spiro atoms. The van der Waals surface area contributed by atoms with Crippen LogP contribution in [0.15, 0.2) is 17.1 Å². The molecule has 1 heterocycles. The number of carbonyl (C=O) groups is 2. The molecule has 1 atom stereocenters. The summed E-state index contributed by atoms with van der Waals surface area (Å²) in [5, 5.41) is 10.7. The Balaban J connectivity index is 1.37. The molecule has 9 nitrogen and oxygen atoms in total. The monoisotopic (exact) mass is 487 g/mol. The number of benzene rings is 1. The topological polar surface area (TPSA) is 130 Å². The molecular weight excluding hydrogens is 453 g/mol. The van der Waals surface area contributed by atoms with Crippen LogP contribution in [0, 0.1) is 22.6 Å². The van der Waals surface area contributed by atoms with Crippen LogP contribution in [0.4, 0.5) is 10.1 Å². The number of hydrogen-bond donors (Lipinski definition) is 3. The average molecular weight is 488 g/mol. The summed E-state index contributed by atoms with van der Waals surface area (Å²) in [5.74, 6) is -1.38. The molecule has 35 heavy (non-hydrogen) atoms. The Hall–Kier alpha value is -3.17. The summed E-state index contributed by atoms with van der Waals surface area (Å²) >= 11 is 0. The average Bonchev–Trinajstić information content (AvgIpc) is 2.74. The van der Waals surface area contributed by atoms with Crippen molar-refractivity contribution in [2.24, 2.45) is 22.1 Å². The molecule has 2 saturated carbocycles. The third-order valence-corrected chi connectivity index (χ3v) is 7.69. The van der Waals surface area contributed by atoms with E-state index in [1.807, 2.05) is 4.90 Å². The van der Waals surface area contributed by atoms with Crippen molar-refractivity contribution in [3.63, 3.8) is 0 Å². The Morgan fingerprint density at radius 1 is 1.40 bits per heavy atom. The smallest absolute Gasteiger partial charge is 0.288 e. The Bertz CT molecular complexity index is 1010. The van der Waals surface area contributed by atoms with Crippen molar-refractivity contribution in [3.8, 4) is 5.75 Å². The van der Waals surface area contributed by atoms with Crippen LogP contribution in [0.1, 0.15) is 56.4 Å². The van der Waals surface area contributed by atoms with E-state index in [0.29, 0.717) is 30.5 Å². The molecule has 3 fully saturated rings. The summed E-state index contributed by atoms with van der Waals surface area (Å²) in [4.78, 5) is 29.4. The van der Waals surface area contributed by atoms with Gasteiger partial charge in [-0.05, 0) is 43.6 Å². The first-order valence-electron chi connectivity index (χ1n) is 12.2. The largest absolute Gasteiger partial charge is 0.492 e. The molecule has 1 amide bonds. The fourth-order valence-corrected chi connectivity index (χ4v) is 5.50. The van der Waals surface area contributed by atoms with E-state index in [9.17, 15) is 9.59 Å². The highest BCUT2D eigenvalue weighted by Crippen LogP contribution is 2.58. The quantitative estimate of drug-likeness (QED) is 0.279. The normalized spacial score (nSPS) is 20.3. The van der Waals surface area contributed by atoms with Gasteiger partial charge in [0.1, 0.15) is 6.29 Å². The van der Waals surface area contributed by atoms with Gasteiger partial charge < -0.3 is 30.2 Å². The molecule has 0 aromatic heterocycles. The molecule has 4 rings (SSSR count). The third-order valence-electron chi connectivity index (χ3n) is 7.69. The molecule has 190 valence electrons. The van der Waals surface area contributed by atoms with Crippen molar-refractivity contribution in [1.29, 1.82) is 5.41 Å². The summed E-state index contributed by atoms with van der Waals surface area (Å²) in [6.07, 6.45) is 6.89. The number of likely N-dealkylation sites (N-methyl/N-ethyl adjacent to an activating group) is 1. The molecule has 2 aliphatic carbocycles. The van der Waals surface area contributed by atoms with Gasteiger partial charge in [-0.3, -0.25) is 10.2 Å². The number of aldehydes is 1. The van der Waals surface area contributed by atoms with Gasteiger partial charge in [0, 0.05) is 38.0 Å². The number of ether oxygens (including phenoxy) is 2. The van der Waals surface area contributed by atoms with Crippen molar-refractivity contribution in [2.45, 2.75) is 56.9 Å². The zero-order chi connectivity index (χ0) is 25.2. The molecule has 1 aliphatic heterocycles. The van der Waals surface area contributed by atoms with E-state index >= 15 is 4.39 Å². The molecule has 3 aliphatic rings. The zero-order valence-electron chi connectivity index (χ0n) is 20.3. The number of nitrogens with two attached hydrogens (primary N) is 1. The van der Waals surface area contributed by atoms with Gasteiger partial charge in [0.05, 0.1) is 24.8 Å². The van der Waals surface area contributed by atoms with Crippen LogP contribution in [-0.2, 0) is 14.3 Å². The third kappa shape index (κ3) is 4.97. The number of amidine groups is 1. The van der Waals surface area contributed by atoms with Gasteiger partial charge in [0.2, 0.25) is 5.91 Å². The van der Waals surface area contributed by atoms with Crippen LogP contribution in [0.25, 0.3) is 0 Å². The SMILES string of the molecule is CNC(=O)C(CCC=O)c1ccc(N2CC(N=C(N)OC(=N)C3CC4(CCC4)C3)C2)c(OC)c1F. The van der Waals surface area contributed by atoms with E-state index in [-0.39, 0.29) is 53.9 Å². The van der Waals surface area contributed by atoms with Gasteiger partial charge in [0.15, 0.2) is 17.5 Å². The van der Waals surface area contributed by atoms with E-state index in [4.69, 9.17) is 20.6 Å². The summed E-state index contributed by atoms with van der Waals surface area (Å²) in [5.41, 5.74) is 7.14. The number of aliphatic imine (C=N–C) groups is 1. The van der Waals surface area contributed by atoms with E-state index in [1.54, 1.807) is 12.1 Å². The van der Waals surface area contributed by atoms with Gasteiger partial charge in [-0.25, -0.2) is 9.38 Å². The van der Waals surface area contributed by atoms with E-state index in [1.165, 1.54) is 33.4 Å². The highest BCUT2D eigenvalue weighted by Gasteiger charge is 2.50. The minimum atomic E-state index is -0.788. The van der Waals surface area contributed by atoms with Crippen LogP contribution < -0.4 is 20.7 Å². The number of nitrogens with one attached hydrogen (secondary N) is 2. The second-order valence-corrected chi connectivity index (χ2v) is 9.88.